The Hall–Kier alpha value is -3.02. The number of carbonyl (C=O) groups is 2. The molecular formula is C18H15NO5. The molecule has 6 heteroatoms. The minimum Gasteiger partial charge on any atom is -0.481 e. The van der Waals surface area contributed by atoms with Crippen LogP contribution in [0.25, 0.3) is 0 Å². The van der Waals surface area contributed by atoms with Crippen molar-refractivity contribution in [2.24, 2.45) is 0 Å². The van der Waals surface area contributed by atoms with Crippen molar-refractivity contribution in [3.63, 3.8) is 0 Å². The Morgan fingerprint density at radius 1 is 1.12 bits per heavy atom. The van der Waals surface area contributed by atoms with E-state index in [0.29, 0.717) is 11.1 Å². The quantitative estimate of drug-likeness (QED) is 0.691. The number of rotatable bonds is 3. The second-order valence-corrected chi connectivity index (χ2v) is 6.03. The van der Waals surface area contributed by atoms with Gasteiger partial charge in [0.25, 0.3) is 5.54 Å². The van der Waals surface area contributed by atoms with Crippen LogP contribution in [-0.2, 0) is 4.79 Å². The molecule has 1 N–H and O–H groups in total. The van der Waals surface area contributed by atoms with Crippen LogP contribution in [0.5, 0.6) is 0 Å². The summed E-state index contributed by atoms with van der Waals surface area (Å²) in [5.41, 5.74) is -1.15. The first-order chi connectivity index (χ1) is 11.4. The van der Waals surface area contributed by atoms with E-state index in [1.54, 1.807) is 48.5 Å². The number of fused-ring (bicyclic) bond motifs is 1. The van der Waals surface area contributed by atoms with Gasteiger partial charge in [-0.3, -0.25) is 19.7 Å². The lowest BCUT2D eigenvalue weighted by Crippen LogP contribution is -2.55. The van der Waals surface area contributed by atoms with Gasteiger partial charge in [-0.15, -0.1) is 0 Å². The van der Waals surface area contributed by atoms with E-state index in [2.05, 4.69) is 0 Å². The number of hydrogen-bond donors (Lipinski definition) is 1. The number of carboxylic acid groups (broad SMARTS) is 1. The number of ketones is 1. The summed E-state index contributed by atoms with van der Waals surface area (Å²) < 4.78 is 0. The van der Waals surface area contributed by atoms with E-state index in [1.165, 1.54) is 13.0 Å². The van der Waals surface area contributed by atoms with Gasteiger partial charge in [0.05, 0.1) is 11.8 Å². The van der Waals surface area contributed by atoms with Crippen molar-refractivity contribution < 1.29 is 19.6 Å². The van der Waals surface area contributed by atoms with E-state index in [1.807, 2.05) is 0 Å². The van der Waals surface area contributed by atoms with Crippen molar-refractivity contribution in [1.82, 2.24) is 0 Å². The maximum absolute atomic E-state index is 12.9. The Labute approximate surface area is 137 Å². The van der Waals surface area contributed by atoms with Crippen LogP contribution < -0.4 is 0 Å². The first-order valence-corrected chi connectivity index (χ1v) is 7.45. The SMILES string of the molecule is C[C@@]1([N+](=O)[O-])C(=O)c2ccccc2[C@H](C(=O)O)[C@H]1c1ccccc1. The number of nitro groups is 1. The average Bonchev–Trinajstić information content (AvgIpc) is 2.58. The Morgan fingerprint density at radius 3 is 2.29 bits per heavy atom. The van der Waals surface area contributed by atoms with E-state index in [9.17, 15) is 24.8 Å². The summed E-state index contributed by atoms with van der Waals surface area (Å²) in [5.74, 6) is -4.10. The van der Waals surface area contributed by atoms with Crippen molar-refractivity contribution in [3.8, 4) is 0 Å². The minimum absolute atomic E-state index is 0.108. The molecule has 0 saturated heterocycles. The van der Waals surface area contributed by atoms with Crippen LogP contribution in [0.2, 0.25) is 0 Å². The molecule has 0 saturated carbocycles. The van der Waals surface area contributed by atoms with E-state index in [4.69, 9.17) is 0 Å². The third kappa shape index (κ3) is 2.11. The molecule has 0 spiro atoms. The largest absolute Gasteiger partial charge is 0.481 e. The summed E-state index contributed by atoms with van der Waals surface area (Å²) >= 11 is 0. The summed E-state index contributed by atoms with van der Waals surface area (Å²) in [6, 6.07) is 14.6. The maximum atomic E-state index is 12.9. The molecule has 0 amide bonds. The van der Waals surface area contributed by atoms with Crippen LogP contribution in [0, 0.1) is 10.1 Å². The van der Waals surface area contributed by atoms with Crippen LogP contribution in [0.1, 0.15) is 40.2 Å². The predicted octanol–water partition coefficient (Wildman–Crippen LogP) is 2.87. The Bertz CT molecular complexity index is 832. The van der Waals surface area contributed by atoms with Gasteiger partial charge in [-0.1, -0.05) is 54.6 Å². The standard InChI is InChI=1S/C18H15NO5/c1-18(19(23)24)15(11-7-3-2-4-8-11)14(17(21)22)12-9-5-6-10-13(12)16(18)20/h2-10,14-15H,1H3,(H,21,22)/t14-,15+,18-/m0/s1. The summed E-state index contributed by atoms with van der Waals surface area (Å²) in [4.78, 5) is 36.1. The lowest BCUT2D eigenvalue weighted by atomic mass is 9.62. The highest BCUT2D eigenvalue weighted by molar-refractivity contribution is 6.07. The number of Topliss-reactive ketones (excluding diaryl/α,β-unsaturated/α-hetero) is 1. The molecule has 1 aliphatic rings. The molecule has 3 atom stereocenters. The second kappa shape index (κ2) is 5.56. The zero-order valence-electron chi connectivity index (χ0n) is 12.9. The van der Waals surface area contributed by atoms with Crippen LogP contribution in [-0.4, -0.2) is 27.3 Å². The molecule has 0 aliphatic heterocycles. The molecule has 1 aliphatic carbocycles. The Balaban J connectivity index is 2.35. The van der Waals surface area contributed by atoms with Gasteiger partial charge in [-0.25, -0.2) is 0 Å². The molecule has 0 unspecified atom stereocenters. The van der Waals surface area contributed by atoms with Crippen molar-refractivity contribution in [2.45, 2.75) is 24.3 Å². The van der Waals surface area contributed by atoms with Gasteiger partial charge < -0.3 is 5.11 Å². The second-order valence-electron chi connectivity index (χ2n) is 6.03. The highest BCUT2D eigenvalue weighted by atomic mass is 16.6. The molecule has 6 nitrogen and oxygen atoms in total. The zero-order chi connectivity index (χ0) is 17.5. The fraction of sp³-hybridized carbons (Fsp3) is 0.222. The molecule has 24 heavy (non-hydrogen) atoms. The number of aliphatic carboxylic acids is 1. The van der Waals surface area contributed by atoms with Gasteiger partial charge in [0.15, 0.2) is 0 Å². The first-order valence-electron chi connectivity index (χ1n) is 7.45. The van der Waals surface area contributed by atoms with Crippen LogP contribution >= 0.6 is 0 Å². The van der Waals surface area contributed by atoms with E-state index < -0.39 is 34.1 Å². The lowest BCUT2D eigenvalue weighted by molar-refractivity contribution is -0.551. The van der Waals surface area contributed by atoms with Gasteiger partial charge in [0, 0.05) is 17.4 Å². The molecule has 0 bridgehead atoms. The maximum Gasteiger partial charge on any atom is 0.311 e. The van der Waals surface area contributed by atoms with Gasteiger partial charge in [0.1, 0.15) is 0 Å². The van der Waals surface area contributed by atoms with Gasteiger partial charge in [-0.2, -0.15) is 0 Å². The monoisotopic (exact) mass is 325 g/mol. The highest BCUT2D eigenvalue weighted by Crippen LogP contribution is 2.49. The third-order valence-corrected chi connectivity index (χ3v) is 4.74. The smallest absolute Gasteiger partial charge is 0.311 e. The fourth-order valence-corrected chi connectivity index (χ4v) is 3.54. The molecule has 0 heterocycles. The summed E-state index contributed by atoms with van der Waals surface area (Å²) in [7, 11) is 0. The molecule has 0 fully saturated rings. The van der Waals surface area contributed by atoms with Gasteiger partial charge in [-0.05, 0) is 11.1 Å². The normalized spacial score (nSPS) is 25.8. The molecular weight excluding hydrogens is 310 g/mol. The van der Waals surface area contributed by atoms with Crippen LogP contribution in [0.4, 0.5) is 0 Å². The van der Waals surface area contributed by atoms with Crippen molar-refractivity contribution in [2.75, 3.05) is 0 Å². The Kier molecular flexibility index (Phi) is 3.67. The van der Waals surface area contributed by atoms with Crippen LogP contribution in [0.3, 0.4) is 0 Å². The van der Waals surface area contributed by atoms with Crippen molar-refractivity contribution in [3.05, 3.63) is 81.4 Å². The minimum atomic E-state index is -2.04. The van der Waals surface area contributed by atoms with Crippen molar-refractivity contribution in [1.29, 1.82) is 0 Å². The Morgan fingerprint density at radius 2 is 1.71 bits per heavy atom. The first kappa shape index (κ1) is 15.9. The third-order valence-electron chi connectivity index (χ3n) is 4.74. The number of benzene rings is 2. The average molecular weight is 325 g/mol. The number of carbonyl (C=O) groups excluding carboxylic acids is 1. The molecule has 0 radical (unpaired) electrons. The van der Waals surface area contributed by atoms with Gasteiger partial charge >= 0.3 is 5.97 Å². The van der Waals surface area contributed by atoms with E-state index >= 15 is 0 Å². The number of nitrogens with zero attached hydrogens (tertiary/aromatic N) is 1. The number of hydrogen-bond acceptors (Lipinski definition) is 4. The van der Waals surface area contributed by atoms with Crippen molar-refractivity contribution >= 4 is 11.8 Å². The summed E-state index contributed by atoms with van der Waals surface area (Å²) in [6.45, 7) is 1.22. The van der Waals surface area contributed by atoms with Crippen LogP contribution in [0.15, 0.2) is 54.6 Å². The molecule has 2 aromatic rings. The fourth-order valence-electron chi connectivity index (χ4n) is 3.54. The molecule has 2 aromatic carbocycles. The van der Waals surface area contributed by atoms with E-state index in [0.717, 1.165) is 0 Å². The summed E-state index contributed by atoms with van der Waals surface area (Å²) in [5, 5.41) is 21.6. The lowest BCUT2D eigenvalue weighted by Gasteiger charge is -2.38. The number of carboxylic acids is 1. The highest BCUT2D eigenvalue weighted by Gasteiger charge is 2.62. The molecule has 3 rings (SSSR count). The topological polar surface area (TPSA) is 97.5 Å². The summed E-state index contributed by atoms with van der Waals surface area (Å²) in [6.07, 6.45) is 0. The van der Waals surface area contributed by atoms with Gasteiger partial charge in [0.2, 0.25) is 5.78 Å². The van der Waals surface area contributed by atoms with E-state index in [-0.39, 0.29) is 5.56 Å². The zero-order valence-corrected chi connectivity index (χ0v) is 12.9. The molecule has 122 valence electrons. The molecule has 0 aromatic heterocycles. The predicted molar refractivity (Wildman–Crippen MR) is 85.7 cm³/mol.